The standard InChI is InChI=1S/C17H25BrO/c1-2-5-14-7-9-15(10-8-14)17(18)12-11-16-6-3-4-13-19-16/h7-10,16-17H,2-6,11-13H2,1H3. The van der Waals surface area contributed by atoms with Gasteiger partial charge in [-0.3, -0.25) is 0 Å². The third-order valence-electron chi connectivity index (χ3n) is 3.90. The molecule has 0 aliphatic carbocycles. The van der Waals surface area contributed by atoms with Crippen LogP contribution in [-0.4, -0.2) is 12.7 Å². The van der Waals surface area contributed by atoms with Crippen LogP contribution in [-0.2, 0) is 11.2 Å². The second kappa shape index (κ2) is 8.06. The zero-order valence-electron chi connectivity index (χ0n) is 11.9. The summed E-state index contributed by atoms with van der Waals surface area (Å²) in [5, 5.41) is 0. The van der Waals surface area contributed by atoms with E-state index in [-0.39, 0.29) is 0 Å². The van der Waals surface area contributed by atoms with Crippen molar-refractivity contribution in [3.63, 3.8) is 0 Å². The molecule has 1 saturated heterocycles. The van der Waals surface area contributed by atoms with Crippen LogP contribution >= 0.6 is 15.9 Å². The molecule has 0 aromatic heterocycles. The lowest BCUT2D eigenvalue weighted by Crippen LogP contribution is -2.19. The van der Waals surface area contributed by atoms with Gasteiger partial charge in [0.25, 0.3) is 0 Å². The van der Waals surface area contributed by atoms with Gasteiger partial charge in [-0.15, -0.1) is 0 Å². The zero-order valence-corrected chi connectivity index (χ0v) is 13.5. The summed E-state index contributed by atoms with van der Waals surface area (Å²) >= 11 is 3.82. The molecule has 2 unspecified atom stereocenters. The van der Waals surface area contributed by atoms with Crippen LogP contribution in [0, 0.1) is 0 Å². The maximum atomic E-state index is 5.79. The van der Waals surface area contributed by atoms with Crippen LogP contribution in [0.4, 0.5) is 0 Å². The number of hydrogen-bond acceptors (Lipinski definition) is 1. The molecule has 1 aromatic carbocycles. The van der Waals surface area contributed by atoms with Crippen molar-refractivity contribution in [1.29, 1.82) is 0 Å². The summed E-state index contributed by atoms with van der Waals surface area (Å²) in [4.78, 5) is 0.466. The molecule has 19 heavy (non-hydrogen) atoms. The van der Waals surface area contributed by atoms with Gasteiger partial charge in [-0.1, -0.05) is 53.5 Å². The molecule has 0 spiro atoms. The summed E-state index contributed by atoms with van der Waals surface area (Å²) in [6.07, 6.45) is 9.06. The third-order valence-corrected chi connectivity index (χ3v) is 4.88. The molecule has 1 heterocycles. The minimum atomic E-state index is 0.466. The first-order valence-corrected chi connectivity index (χ1v) is 8.55. The molecule has 2 heteroatoms. The van der Waals surface area contributed by atoms with Gasteiger partial charge >= 0.3 is 0 Å². The smallest absolute Gasteiger partial charge is 0.0575 e. The molecule has 2 rings (SSSR count). The van der Waals surface area contributed by atoms with E-state index in [1.807, 2.05) is 0 Å². The van der Waals surface area contributed by atoms with Crippen LogP contribution in [0.5, 0.6) is 0 Å². The van der Waals surface area contributed by atoms with E-state index in [0.717, 1.165) is 13.0 Å². The van der Waals surface area contributed by atoms with E-state index in [2.05, 4.69) is 47.1 Å². The summed E-state index contributed by atoms with van der Waals surface area (Å²) in [6, 6.07) is 9.08. The maximum Gasteiger partial charge on any atom is 0.0575 e. The van der Waals surface area contributed by atoms with E-state index in [0.29, 0.717) is 10.9 Å². The Balaban J connectivity index is 1.79. The summed E-state index contributed by atoms with van der Waals surface area (Å²) < 4.78 is 5.79. The Hall–Kier alpha value is -0.340. The quantitative estimate of drug-likeness (QED) is 0.634. The van der Waals surface area contributed by atoms with Gasteiger partial charge in [0.2, 0.25) is 0 Å². The van der Waals surface area contributed by atoms with Crippen molar-refractivity contribution in [3.8, 4) is 0 Å². The largest absolute Gasteiger partial charge is 0.378 e. The van der Waals surface area contributed by atoms with Crippen molar-refractivity contribution < 1.29 is 4.74 Å². The average Bonchev–Trinajstić information content (AvgIpc) is 2.47. The van der Waals surface area contributed by atoms with Crippen LogP contribution < -0.4 is 0 Å². The lowest BCUT2D eigenvalue weighted by atomic mass is 10.00. The fraction of sp³-hybridized carbons (Fsp3) is 0.647. The van der Waals surface area contributed by atoms with Crippen molar-refractivity contribution in [3.05, 3.63) is 35.4 Å². The normalized spacial score (nSPS) is 21.3. The Morgan fingerprint density at radius 3 is 2.68 bits per heavy atom. The minimum absolute atomic E-state index is 0.466. The van der Waals surface area contributed by atoms with Gasteiger partial charge in [0, 0.05) is 11.4 Å². The first-order valence-electron chi connectivity index (χ1n) is 7.64. The number of rotatable bonds is 6. The molecular formula is C17H25BrO. The number of hydrogen-bond donors (Lipinski definition) is 0. The zero-order chi connectivity index (χ0) is 13.5. The Kier molecular flexibility index (Phi) is 6.39. The molecule has 1 aliphatic rings. The molecule has 1 nitrogen and oxygen atoms in total. The first-order chi connectivity index (χ1) is 9.29. The van der Waals surface area contributed by atoms with Gasteiger partial charge < -0.3 is 4.74 Å². The second-order valence-electron chi connectivity index (χ2n) is 5.53. The SMILES string of the molecule is CCCc1ccc(C(Br)CCC2CCCCO2)cc1. The maximum absolute atomic E-state index is 5.79. The van der Waals surface area contributed by atoms with Crippen molar-refractivity contribution in [2.75, 3.05) is 6.61 Å². The molecule has 2 atom stereocenters. The molecular weight excluding hydrogens is 300 g/mol. The number of benzene rings is 1. The number of halogens is 1. The number of alkyl halides is 1. The summed E-state index contributed by atoms with van der Waals surface area (Å²) in [5.41, 5.74) is 2.84. The van der Waals surface area contributed by atoms with Gasteiger partial charge in [-0.25, -0.2) is 0 Å². The highest BCUT2D eigenvalue weighted by atomic mass is 79.9. The molecule has 0 radical (unpaired) electrons. The minimum Gasteiger partial charge on any atom is -0.378 e. The van der Waals surface area contributed by atoms with Crippen LogP contribution in [0.15, 0.2) is 24.3 Å². The summed E-state index contributed by atoms with van der Waals surface area (Å²) in [5.74, 6) is 0. The predicted molar refractivity (Wildman–Crippen MR) is 84.9 cm³/mol. The van der Waals surface area contributed by atoms with E-state index in [4.69, 9.17) is 4.74 Å². The van der Waals surface area contributed by atoms with Gasteiger partial charge in [0.15, 0.2) is 0 Å². The predicted octanol–water partition coefficient (Wildman–Crippen LogP) is 5.42. The van der Waals surface area contributed by atoms with E-state index >= 15 is 0 Å². The Morgan fingerprint density at radius 1 is 1.26 bits per heavy atom. The van der Waals surface area contributed by atoms with Crippen LogP contribution in [0.1, 0.15) is 61.4 Å². The lowest BCUT2D eigenvalue weighted by Gasteiger charge is -2.23. The van der Waals surface area contributed by atoms with Crippen molar-refractivity contribution in [1.82, 2.24) is 0 Å². The van der Waals surface area contributed by atoms with Gasteiger partial charge in [-0.2, -0.15) is 0 Å². The molecule has 106 valence electrons. The van der Waals surface area contributed by atoms with E-state index in [1.165, 1.54) is 49.7 Å². The fourth-order valence-corrected chi connectivity index (χ4v) is 3.29. The van der Waals surface area contributed by atoms with Crippen LogP contribution in [0.3, 0.4) is 0 Å². The van der Waals surface area contributed by atoms with Crippen molar-refractivity contribution in [2.45, 2.75) is 62.8 Å². The molecule has 0 amide bonds. The molecule has 1 fully saturated rings. The van der Waals surface area contributed by atoms with E-state index in [9.17, 15) is 0 Å². The highest BCUT2D eigenvalue weighted by Gasteiger charge is 2.16. The van der Waals surface area contributed by atoms with Gasteiger partial charge in [-0.05, 0) is 49.7 Å². The molecule has 1 aromatic rings. The Morgan fingerprint density at radius 2 is 2.05 bits per heavy atom. The molecule has 0 N–H and O–H groups in total. The summed E-state index contributed by atoms with van der Waals surface area (Å²) in [6.45, 7) is 3.19. The highest BCUT2D eigenvalue weighted by molar-refractivity contribution is 9.09. The number of aryl methyl sites for hydroxylation is 1. The Bertz CT molecular complexity index is 354. The molecule has 0 bridgehead atoms. The van der Waals surface area contributed by atoms with Crippen LogP contribution in [0.25, 0.3) is 0 Å². The number of ether oxygens (including phenoxy) is 1. The second-order valence-corrected chi connectivity index (χ2v) is 6.63. The fourth-order valence-electron chi connectivity index (χ4n) is 2.72. The average molecular weight is 325 g/mol. The van der Waals surface area contributed by atoms with Crippen LogP contribution in [0.2, 0.25) is 0 Å². The van der Waals surface area contributed by atoms with Gasteiger partial charge in [0.1, 0.15) is 0 Å². The van der Waals surface area contributed by atoms with Gasteiger partial charge in [0.05, 0.1) is 6.10 Å². The lowest BCUT2D eigenvalue weighted by molar-refractivity contribution is 0.0102. The van der Waals surface area contributed by atoms with E-state index in [1.54, 1.807) is 0 Å². The first kappa shape index (κ1) is 15.1. The summed E-state index contributed by atoms with van der Waals surface area (Å²) in [7, 11) is 0. The third kappa shape index (κ3) is 4.92. The van der Waals surface area contributed by atoms with Crippen molar-refractivity contribution >= 4 is 15.9 Å². The topological polar surface area (TPSA) is 9.23 Å². The monoisotopic (exact) mass is 324 g/mol. The van der Waals surface area contributed by atoms with Crippen molar-refractivity contribution in [2.24, 2.45) is 0 Å². The highest BCUT2D eigenvalue weighted by Crippen LogP contribution is 2.30. The Labute approximate surface area is 125 Å². The molecule has 0 saturated carbocycles. The van der Waals surface area contributed by atoms with E-state index < -0.39 is 0 Å². The molecule has 1 aliphatic heterocycles.